The number of carbonyl (C=O) groups is 2. The van der Waals surface area contributed by atoms with Gasteiger partial charge in [-0.05, 0) is 24.1 Å². The van der Waals surface area contributed by atoms with E-state index < -0.39 is 10.0 Å². The molecule has 0 fully saturated rings. The molecule has 0 aliphatic heterocycles. The minimum atomic E-state index is -1.89. The monoisotopic (exact) mass is 381 g/mol. The van der Waals surface area contributed by atoms with Crippen molar-refractivity contribution in [3.8, 4) is 11.5 Å². The van der Waals surface area contributed by atoms with Crippen molar-refractivity contribution < 1.29 is 19.1 Å². The minimum absolute atomic E-state index is 0.146. The van der Waals surface area contributed by atoms with Crippen molar-refractivity contribution in [2.75, 3.05) is 7.11 Å². The van der Waals surface area contributed by atoms with Gasteiger partial charge in [0.1, 0.15) is 6.29 Å². The highest BCUT2D eigenvalue weighted by molar-refractivity contribution is 6.68. The Bertz CT molecular complexity index is 558. The van der Waals surface area contributed by atoms with Gasteiger partial charge in [-0.3, -0.25) is 9.59 Å². The third kappa shape index (κ3) is 6.45. The predicted molar refractivity (Wildman–Crippen MR) is 90.7 cm³/mol. The van der Waals surface area contributed by atoms with Crippen LogP contribution in [0.15, 0.2) is 18.2 Å². The first-order chi connectivity index (χ1) is 10.7. The topological polar surface area (TPSA) is 64.6 Å². The Balaban J connectivity index is 2.98. The van der Waals surface area contributed by atoms with E-state index in [-0.39, 0.29) is 29.7 Å². The molecule has 0 heterocycles. The Labute approximate surface area is 150 Å². The van der Waals surface area contributed by atoms with Crippen LogP contribution in [0.1, 0.15) is 30.6 Å². The quantitative estimate of drug-likeness (QED) is 0.443. The van der Waals surface area contributed by atoms with E-state index in [1.165, 1.54) is 25.3 Å². The van der Waals surface area contributed by atoms with Gasteiger partial charge in [0, 0.05) is 12.0 Å². The van der Waals surface area contributed by atoms with Crippen molar-refractivity contribution in [3.05, 3.63) is 23.8 Å². The largest absolute Gasteiger partial charge is 0.493 e. The lowest BCUT2D eigenvalue weighted by molar-refractivity contribution is -0.124. The Morgan fingerprint density at radius 2 is 1.96 bits per heavy atom. The molecule has 0 bridgehead atoms. The van der Waals surface area contributed by atoms with Gasteiger partial charge in [-0.15, -0.1) is 0 Å². The molecular formula is C15H18Cl3NO4. The highest BCUT2D eigenvalue weighted by Gasteiger charge is 2.36. The number of benzene rings is 1. The highest BCUT2D eigenvalue weighted by atomic mass is 35.6. The van der Waals surface area contributed by atoms with Gasteiger partial charge < -0.3 is 14.8 Å². The van der Waals surface area contributed by atoms with Gasteiger partial charge in [-0.2, -0.15) is 0 Å². The number of alkyl halides is 3. The number of halogens is 3. The molecule has 1 rings (SSSR count). The number of rotatable bonds is 7. The number of hydrogen-bond donors (Lipinski definition) is 1. The van der Waals surface area contributed by atoms with E-state index in [2.05, 4.69) is 5.32 Å². The van der Waals surface area contributed by atoms with Crippen LogP contribution in [0, 0.1) is 5.92 Å². The molecule has 5 nitrogen and oxygen atoms in total. The standard InChI is InChI=1S/C15H18Cl3NO4/c1-9(2)6-13(21)19-14(15(16,17)18)23-11-5-4-10(8-20)7-12(11)22-3/h4-5,7-9,14H,6H2,1-3H3,(H,19,21). The smallest absolute Gasteiger partial charge is 0.246 e. The van der Waals surface area contributed by atoms with Crippen LogP contribution in [0.5, 0.6) is 11.5 Å². The fraction of sp³-hybridized carbons (Fsp3) is 0.467. The van der Waals surface area contributed by atoms with Gasteiger partial charge in [0.25, 0.3) is 0 Å². The molecule has 1 unspecified atom stereocenters. The molecule has 0 saturated heterocycles. The molecule has 23 heavy (non-hydrogen) atoms. The van der Waals surface area contributed by atoms with Crippen molar-refractivity contribution >= 4 is 47.0 Å². The predicted octanol–water partition coefficient (Wildman–Crippen LogP) is 3.75. The van der Waals surface area contributed by atoms with Crippen molar-refractivity contribution in [2.24, 2.45) is 5.92 Å². The maximum Gasteiger partial charge on any atom is 0.246 e. The Morgan fingerprint density at radius 1 is 1.30 bits per heavy atom. The van der Waals surface area contributed by atoms with E-state index in [4.69, 9.17) is 44.3 Å². The van der Waals surface area contributed by atoms with Crippen LogP contribution in [-0.4, -0.2) is 29.3 Å². The summed E-state index contributed by atoms with van der Waals surface area (Å²) in [5, 5.41) is 2.53. The molecule has 1 aromatic carbocycles. The zero-order chi connectivity index (χ0) is 17.6. The molecule has 128 valence electrons. The van der Waals surface area contributed by atoms with Gasteiger partial charge in [0.15, 0.2) is 11.5 Å². The number of nitrogens with one attached hydrogen (secondary N) is 1. The van der Waals surface area contributed by atoms with E-state index in [9.17, 15) is 9.59 Å². The third-order valence-corrected chi connectivity index (χ3v) is 3.35. The number of methoxy groups -OCH3 is 1. The van der Waals surface area contributed by atoms with E-state index in [0.717, 1.165) is 0 Å². The number of ether oxygens (including phenoxy) is 2. The SMILES string of the molecule is COc1cc(C=O)ccc1OC(NC(=O)CC(C)C)C(Cl)(Cl)Cl. The average Bonchev–Trinajstić information content (AvgIpc) is 2.45. The number of hydrogen-bond acceptors (Lipinski definition) is 4. The van der Waals surface area contributed by atoms with Gasteiger partial charge >= 0.3 is 0 Å². The lowest BCUT2D eigenvalue weighted by Gasteiger charge is -2.27. The highest BCUT2D eigenvalue weighted by Crippen LogP contribution is 2.35. The summed E-state index contributed by atoms with van der Waals surface area (Å²) >= 11 is 17.6. The summed E-state index contributed by atoms with van der Waals surface area (Å²) in [7, 11) is 1.42. The van der Waals surface area contributed by atoms with Crippen LogP contribution in [-0.2, 0) is 4.79 Å². The molecular weight excluding hydrogens is 365 g/mol. The second kappa shape index (κ2) is 8.62. The maximum absolute atomic E-state index is 11.9. The van der Waals surface area contributed by atoms with E-state index in [0.29, 0.717) is 11.8 Å². The van der Waals surface area contributed by atoms with Crippen LogP contribution < -0.4 is 14.8 Å². The van der Waals surface area contributed by atoms with Gasteiger partial charge in [0.05, 0.1) is 7.11 Å². The van der Waals surface area contributed by atoms with Crippen LogP contribution >= 0.6 is 34.8 Å². The first-order valence-corrected chi connectivity index (χ1v) is 7.96. The lowest BCUT2D eigenvalue weighted by Crippen LogP contribution is -2.48. The Kier molecular flexibility index (Phi) is 7.45. The molecule has 0 radical (unpaired) electrons. The fourth-order valence-corrected chi connectivity index (χ4v) is 2.03. The van der Waals surface area contributed by atoms with Gasteiger partial charge in [0.2, 0.25) is 15.9 Å². The van der Waals surface area contributed by atoms with Crippen LogP contribution in [0.2, 0.25) is 0 Å². The van der Waals surface area contributed by atoms with Crippen LogP contribution in [0.4, 0.5) is 0 Å². The van der Waals surface area contributed by atoms with Crippen molar-refractivity contribution in [3.63, 3.8) is 0 Å². The lowest BCUT2D eigenvalue weighted by atomic mass is 10.1. The molecule has 0 aromatic heterocycles. The maximum atomic E-state index is 11.9. The second-order valence-corrected chi connectivity index (χ2v) is 7.60. The Hall–Kier alpha value is -1.17. The summed E-state index contributed by atoms with van der Waals surface area (Å²) in [5.74, 6) is 0.360. The molecule has 0 spiro atoms. The number of amides is 1. The van der Waals surface area contributed by atoms with Crippen LogP contribution in [0.3, 0.4) is 0 Å². The first-order valence-electron chi connectivity index (χ1n) is 6.83. The summed E-state index contributed by atoms with van der Waals surface area (Å²) < 4.78 is 8.84. The zero-order valence-corrected chi connectivity index (χ0v) is 15.2. The van der Waals surface area contributed by atoms with E-state index >= 15 is 0 Å². The zero-order valence-electron chi connectivity index (χ0n) is 12.9. The summed E-state index contributed by atoms with van der Waals surface area (Å²) in [6.07, 6.45) is -0.278. The molecule has 8 heteroatoms. The molecule has 1 aromatic rings. The normalized spacial score (nSPS) is 12.7. The second-order valence-electron chi connectivity index (χ2n) is 5.23. The molecule has 1 amide bonds. The third-order valence-electron chi connectivity index (χ3n) is 2.75. The molecule has 1 N–H and O–H groups in total. The molecule has 1 atom stereocenters. The summed E-state index contributed by atoms with van der Waals surface area (Å²) in [6.45, 7) is 3.79. The summed E-state index contributed by atoms with van der Waals surface area (Å²) in [4.78, 5) is 22.7. The van der Waals surface area contributed by atoms with Crippen molar-refractivity contribution in [1.82, 2.24) is 5.32 Å². The summed E-state index contributed by atoms with van der Waals surface area (Å²) in [5.41, 5.74) is 0.406. The van der Waals surface area contributed by atoms with Crippen LogP contribution in [0.25, 0.3) is 0 Å². The first kappa shape index (κ1) is 19.9. The van der Waals surface area contributed by atoms with E-state index in [1.807, 2.05) is 13.8 Å². The number of aldehydes is 1. The molecule has 0 saturated carbocycles. The molecule has 0 aliphatic carbocycles. The fourth-order valence-electron chi connectivity index (χ4n) is 1.74. The minimum Gasteiger partial charge on any atom is -0.493 e. The summed E-state index contributed by atoms with van der Waals surface area (Å²) in [6, 6.07) is 4.50. The molecule has 0 aliphatic rings. The van der Waals surface area contributed by atoms with Crippen molar-refractivity contribution in [2.45, 2.75) is 30.3 Å². The average molecular weight is 383 g/mol. The van der Waals surface area contributed by atoms with E-state index in [1.54, 1.807) is 0 Å². The number of carbonyl (C=O) groups excluding carboxylic acids is 2. The Morgan fingerprint density at radius 3 is 2.43 bits per heavy atom. The van der Waals surface area contributed by atoms with Gasteiger partial charge in [-0.25, -0.2) is 0 Å². The van der Waals surface area contributed by atoms with Crippen molar-refractivity contribution in [1.29, 1.82) is 0 Å². The van der Waals surface area contributed by atoms with Gasteiger partial charge in [-0.1, -0.05) is 48.7 Å².